The van der Waals surface area contributed by atoms with Gasteiger partial charge in [-0.3, -0.25) is 0 Å². The van der Waals surface area contributed by atoms with Crippen LogP contribution < -0.4 is 10.5 Å². The average Bonchev–Trinajstić information content (AvgIpc) is 2.29. The molecule has 17 heavy (non-hydrogen) atoms. The molecule has 3 N–H and O–H groups in total. The maximum absolute atomic E-state index is 11.0. The SMILES string of the molecule is NC1CCCC(Oc2ccccc2C(=O)O)C1. The van der Waals surface area contributed by atoms with Crippen molar-refractivity contribution in [3.63, 3.8) is 0 Å². The summed E-state index contributed by atoms with van der Waals surface area (Å²) in [5, 5.41) is 9.04. The van der Waals surface area contributed by atoms with E-state index < -0.39 is 5.97 Å². The predicted octanol–water partition coefficient (Wildman–Crippen LogP) is 2.03. The number of hydrogen-bond donors (Lipinski definition) is 2. The standard InChI is InChI=1S/C13H17NO3/c14-9-4-3-5-10(8-9)17-12-7-2-1-6-11(12)13(15)16/h1-2,6-7,9-10H,3-5,8,14H2,(H,15,16). The van der Waals surface area contributed by atoms with Gasteiger partial charge in [0.25, 0.3) is 0 Å². The van der Waals surface area contributed by atoms with E-state index in [0.717, 1.165) is 25.7 Å². The van der Waals surface area contributed by atoms with Gasteiger partial charge in [0.05, 0.1) is 0 Å². The molecule has 4 nitrogen and oxygen atoms in total. The molecule has 2 atom stereocenters. The summed E-state index contributed by atoms with van der Waals surface area (Å²) in [5.74, 6) is -0.514. The molecular weight excluding hydrogens is 218 g/mol. The Hall–Kier alpha value is -1.55. The molecule has 2 unspecified atom stereocenters. The molecule has 1 aromatic rings. The van der Waals surface area contributed by atoms with Crippen molar-refractivity contribution < 1.29 is 14.6 Å². The fraction of sp³-hybridized carbons (Fsp3) is 0.462. The average molecular weight is 235 g/mol. The molecular formula is C13H17NO3. The summed E-state index contributed by atoms with van der Waals surface area (Å²) in [6, 6.07) is 6.91. The van der Waals surface area contributed by atoms with Gasteiger partial charge in [0.1, 0.15) is 17.4 Å². The van der Waals surface area contributed by atoms with Crippen molar-refractivity contribution in [2.45, 2.75) is 37.8 Å². The van der Waals surface area contributed by atoms with Crippen molar-refractivity contribution in [3.8, 4) is 5.75 Å². The molecule has 4 heteroatoms. The first-order valence-electron chi connectivity index (χ1n) is 5.91. The van der Waals surface area contributed by atoms with E-state index in [-0.39, 0.29) is 17.7 Å². The summed E-state index contributed by atoms with van der Waals surface area (Å²) in [6.45, 7) is 0. The molecule has 1 saturated carbocycles. The van der Waals surface area contributed by atoms with Crippen LogP contribution in [0.25, 0.3) is 0 Å². The van der Waals surface area contributed by atoms with Crippen molar-refractivity contribution >= 4 is 5.97 Å². The van der Waals surface area contributed by atoms with Crippen LogP contribution >= 0.6 is 0 Å². The van der Waals surface area contributed by atoms with Crippen molar-refractivity contribution in [2.75, 3.05) is 0 Å². The third kappa shape index (κ3) is 2.97. The molecule has 0 bridgehead atoms. The summed E-state index contributed by atoms with van der Waals surface area (Å²) in [7, 11) is 0. The zero-order valence-corrected chi connectivity index (χ0v) is 9.63. The highest BCUT2D eigenvalue weighted by molar-refractivity contribution is 5.90. The summed E-state index contributed by atoms with van der Waals surface area (Å²) in [4.78, 5) is 11.0. The fourth-order valence-corrected chi connectivity index (χ4v) is 2.21. The summed E-state index contributed by atoms with van der Waals surface area (Å²) < 4.78 is 5.76. The second kappa shape index (κ2) is 5.19. The Morgan fingerprint density at radius 2 is 2.12 bits per heavy atom. The number of rotatable bonds is 3. The number of benzene rings is 1. The maximum Gasteiger partial charge on any atom is 0.339 e. The van der Waals surface area contributed by atoms with Gasteiger partial charge in [-0.15, -0.1) is 0 Å². The minimum absolute atomic E-state index is 0.0410. The second-order valence-corrected chi connectivity index (χ2v) is 4.47. The molecule has 1 aliphatic carbocycles. The van der Waals surface area contributed by atoms with Gasteiger partial charge in [0, 0.05) is 6.04 Å². The number of carbonyl (C=O) groups is 1. The topological polar surface area (TPSA) is 72.5 Å². The quantitative estimate of drug-likeness (QED) is 0.840. The van der Waals surface area contributed by atoms with E-state index >= 15 is 0 Å². The van der Waals surface area contributed by atoms with Crippen LogP contribution in [0, 0.1) is 0 Å². The Balaban J connectivity index is 2.10. The molecule has 1 fully saturated rings. The van der Waals surface area contributed by atoms with Crippen molar-refractivity contribution in [1.29, 1.82) is 0 Å². The van der Waals surface area contributed by atoms with Gasteiger partial charge < -0.3 is 15.6 Å². The highest BCUT2D eigenvalue weighted by Gasteiger charge is 2.22. The van der Waals surface area contributed by atoms with Crippen LogP contribution in [-0.4, -0.2) is 23.2 Å². The molecule has 0 aromatic heterocycles. The van der Waals surface area contributed by atoms with Gasteiger partial charge in [-0.25, -0.2) is 4.79 Å². The van der Waals surface area contributed by atoms with Gasteiger partial charge in [0.15, 0.2) is 0 Å². The molecule has 92 valence electrons. The minimum atomic E-state index is -0.958. The van der Waals surface area contributed by atoms with Crippen LogP contribution in [0.15, 0.2) is 24.3 Å². The Bertz CT molecular complexity index is 405. The zero-order chi connectivity index (χ0) is 12.3. The Morgan fingerprint density at radius 1 is 1.35 bits per heavy atom. The third-order valence-electron chi connectivity index (χ3n) is 3.08. The molecule has 0 heterocycles. The number of para-hydroxylation sites is 1. The summed E-state index contributed by atoms with van der Waals surface area (Å²) in [6.07, 6.45) is 3.86. The monoisotopic (exact) mass is 235 g/mol. The summed E-state index contributed by atoms with van der Waals surface area (Å²) >= 11 is 0. The van der Waals surface area contributed by atoms with E-state index in [1.165, 1.54) is 0 Å². The largest absolute Gasteiger partial charge is 0.489 e. The number of carboxylic acid groups (broad SMARTS) is 1. The van der Waals surface area contributed by atoms with E-state index in [4.69, 9.17) is 15.6 Å². The molecule has 0 saturated heterocycles. The lowest BCUT2D eigenvalue weighted by molar-refractivity contribution is 0.0685. The van der Waals surface area contributed by atoms with E-state index in [9.17, 15) is 4.79 Å². The lowest BCUT2D eigenvalue weighted by Crippen LogP contribution is -2.34. The highest BCUT2D eigenvalue weighted by atomic mass is 16.5. The van der Waals surface area contributed by atoms with Gasteiger partial charge in [-0.2, -0.15) is 0 Å². The van der Waals surface area contributed by atoms with E-state index in [1.54, 1.807) is 24.3 Å². The van der Waals surface area contributed by atoms with Crippen LogP contribution in [0.4, 0.5) is 0 Å². The van der Waals surface area contributed by atoms with Crippen molar-refractivity contribution in [2.24, 2.45) is 5.73 Å². The van der Waals surface area contributed by atoms with Crippen LogP contribution in [0.5, 0.6) is 5.75 Å². The number of ether oxygens (including phenoxy) is 1. The molecule has 0 radical (unpaired) electrons. The van der Waals surface area contributed by atoms with Gasteiger partial charge in [-0.05, 0) is 37.8 Å². The lowest BCUT2D eigenvalue weighted by atomic mass is 9.93. The lowest BCUT2D eigenvalue weighted by Gasteiger charge is -2.27. The second-order valence-electron chi connectivity index (χ2n) is 4.47. The van der Waals surface area contributed by atoms with Crippen molar-refractivity contribution in [3.05, 3.63) is 29.8 Å². The fourth-order valence-electron chi connectivity index (χ4n) is 2.21. The first kappa shape index (κ1) is 11.9. The maximum atomic E-state index is 11.0. The number of carboxylic acids is 1. The first-order chi connectivity index (χ1) is 8.16. The highest BCUT2D eigenvalue weighted by Crippen LogP contribution is 2.25. The smallest absolute Gasteiger partial charge is 0.339 e. The van der Waals surface area contributed by atoms with Gasteiger partial charge >= 0.3 is 5.97 Å². The van der Waals surface area contributed by atoms with Gasteiger partial charge in [-0.1, -0.05) is 12.1 Å². The summed E-state index contributed by atoms with van der Waals surface area (Å²) in [5.41, 5.74) is 6.09. The number of aromatic carboxylic acids is 1. The Morgan fingerprint density at radius 3 is 2.82 bits per heavy atom. The molecule has 0 amide bonds. The first-order valence-corrected chi connectivity index (χ1v) is 5.91. The zero-order valence-electron chi connectivity index (χ0n) is 9.63. The molecule has 1 aromatic carbocycles. The van der Waals surface area contributed by atoms with Crippen molar-refractivity contribution in [1.82, 2.24) is 0 Å². The third-order valence-corrected chi connectivity index (χ3v) is 3.08. The number of hydrogen-bond acceptors (Lipinski definition) is 3. The van der Waals surface area contributed by atoms with E-state index in [0.29, 0.717) is 5.75 Å². The predicted molar refractivity (Wildman–Crippen MR) is 64.3 cm³/mol. The van der Waals surface area contributed by atoms with Crippen LogP contribution in [0.2, 0.25) is 0 Å². The van der Waals surface area contributed by atoms with Crippen LogP contribution in [0.3, 0.4) is 0 Å². The van der Waals surface area contributed by atoms with Gasteiger partial charge in [0.2, 0.25) is 0 Å². The normalized spacial score (nSPS) is 24.3. The van der Waals surface area contributed by atoms with Crippen LogP contribution in [0.1, 0.15) is 36.0 Å². The number of nitrogens with two attached hydrogens (primary N) is 1. The molecule has 0 aliphatic heterocycles. The molecule has 1 aliphatic rings. The molecule has 2 rings (SSSR count). The van der Waals surface area contributed by atoms with E-state index in [1.807, 2.05) is 0 Å². The minimum Gasteiger partial charge on any atom is -0.489 e. The van der Waals surface area contributed by atoms with Crippen LogP contribution in [-0.2, 0) is 0 Å². The Kier molecular flexibility index (Phi) is 3.64. The Labute approximate surface area is 100 Å². The van der Waals surface area contributed by atoms with E-state index in [2.05, 4.69) is 0 Å². The molecule has 0 spiro atoms.